The number of hydrogen-bond donors (Lipinski definition) is 1. The predicted octanol–water partition coefficient (Wildman–Crippen LogP) is 3.59. The van der Waals surface area contributed by atoms with Gasteiger partial charge in [0.1, 0.15) is 6.23 Å². The topological polar surface area (TPSA) is 64.9 Å². The van der Waals surface area contributed by atoms with Crippen LogP contribution in [0.3, 0.4) is 0 Å². The quantitative estimate of drug-likeness (QED) is 0.735. The maximum absolute atomic E-state index is 14.0. The highest BCUT2D eigenvalue weighted by Gasteiger charge is 2.21. The predicted molar refractivity (Wildman–Crippen MR) is 92.6 cm³/mol. The van der Waals surface area contributed by atoms with Crippen LogP contribution in [-0.2, 0) is 11.3 Å². The third kappa shape index (κ3) is 3.32. The van der Waals surface area contributed by atoms with Crippen molar-refractivity contribution in [2.75, 3.05) is 11.9 Å². The van der Waals surface area contributed by atoms with E-state index in [0.29, 0.717) is 30.1 Å². The Morgan fingerprint density at radius 3 is 2.84 bits per heavy atom. The van der Waals surface area contributed by atoms with E-state index in [4.69, 9.17) is 4.74 Å². The van der Waals surface area contributed by atoms with Gasteiger partial charge in [-0.1, -0.05) is 29.8 Å². The lowest BCUT2D eigenvalue weighted by molar-refractivity contribution is -0.0298. The number of benzene rings is 1. The summed E-state index contributed by atoms with van der Waals surface area (Å²) in [6.45, 7) is 3.29. The SMILES string of the molecule is Cc1ccc(CNc2nc(F)nc3c2ncn3C2CCCCO2)cc1. The van der Waals surface area contributed by atoms with Gasteiger partial charge in [-0.3, -0.25) is 4.57 Å². The summed E-state index contributed by atoms with van der Waals surface area (Å²) in [4.78, 5) is 12.2. The number of nitrogens with one attached hydrogen (secondary N) is 1. The molecule has 0 aliphatic carbocycles. The normalized spacial score (nSPS) is 17.8. The molecule has 0 bridgehead atoms. The molecule has 130 valence electrons. The summed E-state index contributed by atoms with van der Waals surface area (Å²) < 4.78 is 21.5. The third-order valence-corrected chi connectivity index (χ3v) is 4.44. The van der Waals surface area contributed by atoms with Crippen LogP contribution < -0.4 is 5.32 Å². The number of halogens is 1. The smallest absolute Gasteiger partial charge is 0.312 e. The molecule has 0 amide bonds. The van der Waals surface area contributed by atoms with E-state index in [0.717, 1.165) is 24.8 Å². The fourth-order valence-corrected chi connectivity index (χ4v) is 3.06. The largest absolute Gasteiger partial charge is 0.364 e. The minimum absolute atomic E-state index is 0.141. The maximum Gasteiger partial charge on any atom is 0.312 e. The number of fused-ring (bicyclic) bond motifs is 1. The summed E-state index contributed by atoms with van der Waals surface area (Å²) in [7, 11) is 0. The first kappa shape index (κ1) is 16.0. The number of hydrogen-bond acceptors (Lipinski definition) is 5. The molecule has 0 radical (unpaired) electrons. The first-order valence-corrected chi connectivity index (χ1v) is 8.52. The number of rotatable bonds is 4. The standard InChI is InChI=1S/C18H20FN5O/c1-12-5-7-13(8-6-12)10-20-16-15-17(23-18(19)22-16)24(11-21-15)14-4-2-3-9-25-14/h5-8,11,14H,2-4,9-10H2,1H3,(H,20,22,23). The van der Waals surface area contributed by atoms with E-state index in [9.17, 15) is 4.39 Å². The van der Waals surface area contributed by atoms with Crippen LogP contribution in [0.1, 0.15) is 36.6 Å². The molecule has 1 N–H and O–H groups in total. The van der Waals surface area contributed by atoms with Gasteiger partial charge < -0.3 is 10.1 Å². The fourth-order valence-electron chi connectivity index (χ4n) is 3.06. The molecule has 1 aromatic carbocycles. The van der Waals surface area contributed by atoms with E-state index >= 15 is 0 Å². The Bertz CT molecular complexity index is 871. The van der Waals surface area contributed by atoms with Gasteiger partial charge in [0.15, 0.2) is 17.0 Å². The van der Waals surface area contributed by atoms with Crippen LogP contribution in [0.15, 0.2) is 30.6 Å². The molecule has 1 aliphatic heterocycles. The molecule has 2 aromatic heterocycles. The molecule has 0 saturated carbocycles. The summed E-state index contributed by atoms with van der Waals surface area (Å²) >= 11 is 0. The van der Waals surface area contributed by atoms with Gasteiger partial charge in [-0.15, -0.1) is 0 Å². The Kier molecular flexibility index (Phi) is 4.31. The van der Waals surface area contributed by atoms with Gasteiger partial charge >= 0.3 is 6.08 Å². The number of anilines is 1. The van der Waals surface area contributed by atoms with Gasteiger partial charge in [0.2, 0.25) is 0 Å². The lowest BCUT2D eigenvalue weighted by atomic mass is 10.1. The molecule has 25 heavy (non-hydrogen) atoms. The van der Waals surface area contributed by atoms with Gasteiger partial charge in [0.25, 0.3) is 0 Å². The minimum atomic E-state index is -0.767. The second kappa shape index (κ2) is 6.76. The second-order valence-corrected chi connectivity index (χ2v) is 6.33. The Balaban J connectivity index is 1.62. The Morgan fingerprint density at radius 2 is 2.08 bits per heavy atom. The number of imidazole rings is 1. The van der Waals surface area contributed by atoms with Crippen LogP contribution in [0.2, 0.25) is 0 Å². The molecule has 6 nitrogen and oxygen atoms in total. The lowest BCUT2D eigenvalue weighted by Gasteiger charge is -2.23. The van der Waals surface area contributed by atoms with Crippen molar-refractivity contribution in [3.8, 4) is 0 Å². The molecule has 7 heteroatoms. The average molecular weight is 341 g/mol. The summed E-state index contributed by atoms with van der Waals surface area (Å²) in [5.41, 5.74) is 3.31. The Morgan fingerprint density at radius 1 is 1.24 bits per heavy atom. The van der Waals surface area contributed by atoms with Gasteiger partial charge in [-0.25, -0.2) is 4.98 Å². The highest BCUT2D eigenvalue weighted by atomic mass is 19.1. The highest BCUT2D eigenvalue weighted by molar-refractivity contribution is 5.82. The fraction of sp³-hybridized carbons (Fsp3) is 0.389. The number of aromatic nitrogens is 4. The monoisotopic (exact) mass is 341 g/mol. The molecule has 4 rings (SSSR count). The van der Waals surface area contributed by atoms with Crippen molar-refractivity contribution in [3.63, 3.8) is 0 Å². The van der Waals surface area contributed by atoms with Crippen LogP contribution in [0.5, 0.6) is 0 Å². The molecular formula is C18H20FN5O. The van der Waals surface area contributed by atoms with Crippen molar-refractivity contribution in [1.29, 1.82) is 0 Å². The minimum Gasteiger partial charge on any atom is -0.364 e. The van der Waals surface area contributed by atoms with Crippen molar-refractivity contribution in [1.82, 2.24) is 19.5 Å². The number of aryl methyl sites for hydroxylation is 1. The van der Waals surface area contributed by atoms with Crippen molar-refractivity contribution < 1.29 is 9.13 Å². The van der Waals surface area contributed by atoms with Crippen LogP contribution >= 0.6 is 0 Å². The molecule has 1 atom stereocenters. The Labute approximate surface area is 145 Å². The van der Waals surface area contributed by atoms with Crippen LogP contribution in [0.25, 0.3) is 11.2 Å². The summed E-state index contributed by atoms with van der Waals surface area (Å²) in [6.07, 6.45) is 3.76. The zero-order chi connectivity index (χ0) is 17.2. The molecular weight excluding hydrogens is 321 g/mol. The molecule has 3 aromatic rings. The van der Waals surface area contributed by atoms with Gasteiger partial charge in [0.05, 0.1) is 6.33 Å². The molecule has 1 fully saturated rings. The number of nitrogens with zero attached hydrogens (tertiary/aromatic N) is 4. The highest BCUT2D eigenvalue weighted by Crippen LogP contribution is 2.27. The van der Waals surface area contributed by atoms with Crippen LogP contribution in [-0.4, -0.2) is 26.1 Å². The van der Waals surface area contributed by atoms with Crippen molar-refractivity contribution >= 4 is 17.0 Å². The molecule has 1 unspecified atom stereocenters. The average Bonchev–Trinajstić information content (AvgIpc) is 3.05. The van der Waals surface area contributed by atoms with E-state index in [1.54, 1.807) is 10.9 Å². The van der Waals surface area contributed by atoms with Crippen LogP contribution in [0.4, 0.5) is 10.2 Å². The number of ether oxygens (including phenoxy) is 1. The van der Waals surface area contributed by atoms with E-state index in [2.05, 4.69) is 20.3 Å². The van der Waals surface area contributed by atoms with E-state index < -0.39 is 6.08 Å². The van der Waals surface area contributed by atoms with Crippen molar-refractivity contribution in [2.24, 2.45) is 0 Å². The first-order valence-electron chi connectivity index (χ1n) is 8.52. The molecule has 1 saturated heterocycles. The van der Waals surface area contributed by atoms with E-state index in [-0.39, 0.29) is 6.23 Å². The molecule has 0 spiro atoms. The zero-order valence-electron chi connectivity index (χ0n) is 14.1. The summed E-state index contributed by atoms with van der Waals surface area (Å²) in [6, 6.07) is 8.15. The lowest BCUT2D eigenvalue weighted by Crippen LogP contribution is -2.18. The van der Waals surface area contributed by atoms with E-state index in [1.165, 1.54) is 5.56 Å². The Hall–Kier alpha value is -2.54. The van der Waals surface area contributed by atoms with Crippen molar-refractivity contribution in [2.45, 2.75) is 39.0 Å². The molecule has 1 aliphatic rings. The second-order valence-electron chi connectivity index (χ2n) is 6.33. The van der Waals surface area contributed by atoms with Gasteiger partial charge in [-0.2, -0.15) is 14.4 Å². The van der Waals surface area contributed by atoms with Gasteiger partial charge in [0, 0.05) is 13.2 Å². The van der Waals surface area contributed by atoms with Crippen molar-refractivity contribution in [3.05, 3.63) is 47.8 Å². The van der Waals surface area contributed by atoms with Gasteiger partial charge in [-0.05, 0) is 31.7 Å². The maximum atomic E-state index is 14.0. The van der Waals surface area contributed by atoms with E-state index in [1.807, 2.05) is 31.2 Å². The van der Waals surface area contributed by atoms with Crippen LogP contribution in [0, 0.1) is 13.0 Å². The zero-order valence-corrected chi connectivity index (χ0v) is 14.1. The first-order chi connectivity index (χ1) is 12.2. The molecule has 3 heterocycles. The summed E-state index contributed by atoms with van der Waals surface area (Å²) in [5, 5.41) is 3.17. The summed E-state index contributed by atoms with van der Waals surface area (Å²) in [5.74, 6) is 0.401. The third-order valence-electron chi connectivity index (χ3n) is 4.44.